The van der Waals surface area contributed by atoms with E-state index in [-0.39, 0.29) is 11.9 Å². The molecule has 2 saturated heterocycles. The van der Waals surface area contributed by atoms with Crippen molar-refractivity contribution in [3.8, 4) is 0 Å². The van der Waals surface area contributed by atoms with Crippen LogP contribution in [0.1, 0.15) is 12.8 Å². The van der Waals surface area contributed by atoms with Gasteiger partial charge in [0, 0.05) is 32.8 Å². The Morgan fingerprint density at radius 1 is 1.40 bits per heavy atom. The van der Waals surface area contributed by atoms with E-state index in [0.29, 0.717) is 19.6 Å². The predicted octanol–water partition coefficient (Wildman–Crippen LogP) is -0.600. The zero-order chi connectivity index (χ0) is 10.7. The number of sulfonamides is 1. The first-order valence-corrected chi connectivity index (χ1v) is 7.09. The highest BCUT2D eigenvalue weighted by Gasteiger charge is 2.28. The summed E-state index contributed by atoms with van der Waals surface area (Å²) in [7, 11) is -3.06. The molecule has 0 saturated carbocycles. The molecule has 0 amide bonds. The molecule has 0 bridgehead atoms. The molecular weight excluding hydrogens is 216 g/mol. The van der Waals surface area contributed by atoms with Crippen molar-refractivity contribution < 1.29 is 13.2 Å². The first-order valence-electron chi connectivity index (χ1n) is 5.49. The lowest BCUT2D eigenvalue weighted by Crippen LogP contribution is -2.39. The molecule has 2 aliphatic heterocycles. The van der Waals surface area contributed by atoms with E-state index in [1.165, 1.54) is 0 Å². The smallest absolute Gasteiger partial charge is 0.215 e. The van der Waals surface area contributed by atoms with Crippen LogP contribution in [0.25, 0.3) is 0 Å². The number of rotatable bonds is 2. The van der Waals surface area contributed by atoms with Crippen LogP contribution in [0, 0.1) is 0 Å². The predicted molar refractivity (Wildman–Crippen MR) is 57.2 cm³/mol. The fraction of sp³-hybridized carbons (Fsp3) is 1.00. The van der Waals surface area contributed by atoms with Gasteiger partial charge in [-0.05, 0) is 12.8 Å². The standard InChI is InChI=1S/C9H18N2O3S/c12-15(13)7-4-10-3-5-11(15)8-9-2-1-6-14-9/h9-10H,1-8H2. The van der Waals surface area contributed by atoms with Crippen LogP contribution in [-0.4, -0.2) is 57.4 Å². The molecule has 2 aliphatic rings. The molecule has 0 spiro atoms. The van der Waals surface area contributed by atoms with Crippen molar-refractivity contribution in [2.45, 2.75) is 18.9 Å². The van der Waals surface area contributed by atoms with E-state index in [9.17, 15) is 8.42 Å². The lowest BCUT2D eigenvalue weighted by Gasteiger charge is -2.22. The second-order valence-corrected chi connectivity index (χ2v) is 6.15. The van der Waals surface area contributed by atoms with Crippen LogP contribution in [-0.2, 0) is 14.8 Å². The van der Waals surface area contributed by atoms with Crippen molar-refractivity contribution in [1.82, 2.24) is 9.62 Å². The summed E-state index contributed by atoms with van der Waals surface area (Å²) in [5.74, 6) is 0.208. The molecule has 2 heterocycles. The van der Waals surface area contributed by atoms with Crippen LogP contribution in [0.2, 0.25) is 0 Å². The highest BCUT2D eigenvalue weighted by atomic mass is 32.2. The van der Waals surface area contributed by atoms with Crippen molar-refractivity contribution >= 4 is 10.0 Å². The van der Waals surface area contributed by atoms with E-state index >= 15 is 0 Å². The summed E-state index contributed by atoms with van der Waals surface area (Å²) in [5.41, 5.74) is 0. The topological polar surface area (TPSA) is 58.6 Å². The molecule has 88 valence electrons. The van der Waals surface area contributed by atoms with Gasteiger partial charge in [-0.1, -0.05) is 0 Å². The van der Waals surface area contributed by atoms with E-state index in [0.717, 1.165) is 26.0 Å². The Hall–Kier alpha value is -0.170. The molecule has 5 nitrogen and oxygen atoms in total. The molecule has 0 aliphatic carbocycles. The van der Waals surface area contributed by atoms with E-state index in [4.69, 9.17) is 4.74 Å². The van der Waals surface area contributed by atoms with Crippen LogP contribution in [0.4, 0.5) is 0 Å². The minimum absolute atomic E-state index is 0.109. The molecule has 15 heavy (non-hydrogen) atoms. The van der Waals surface area contributed by atoms with Gasteiger partial charge in [-0.3, -0.25) is 0 Å². The van der Waals surface area contributed by atoms with E-state index < -0.39 is 10.0 Å². The lowest BCUT2D eigenvalue weighted by atomic mass is 10.2. The highest BCUT2D eigenvalue weighted by molar-refractivity contribution is 7.89. The summed E-state index contributed by atoms with van der Waals surface area (Å²) >= 11 is 0. The second kappa shape index (κ2) is 4.78. The van der Waals surface area contributed by atoms with Gasteiger partial charge in [0.2, 0.25) is 10.0 Å². The number of hydrogen-bond donors (Lipinski definition) is 1. The number of ether oxygens (including phenoxy) is 1. The Labute approximate surface area is 90.8 Å². The maximum atomic E-state index is 11.8. The van der Waals surface area contributed by atoms with Gasteiger partial charge >= 0.3 is 0 Å². The van der Waals surface area contributed by atoms with Crippen molar-refractivity contribution in [2.24, 2.45) is 0 Å². The quantitative estimate of drug-likeness (QED) is 0.693. The number of hydrogen-bond acceptors (Lipinski definition) is 4. The van der Waals surface area contributed by atoms with Gasteiger partial charge in [0.1, 0.15) is 0 Å². The van der Waals surface area contributed by atoms with E-state index in [1.54, 1.807) is 4.31 Å². The Kier molecular flexibility index (Phi) is 3.60. The summed E-state index contributed by atoms with van der Waals surface area (Å²) in [6.07, 6.45) is 2.15. The zero-order valence-corrected chi connectivity index (χ0v) is 9.63. The van der Waals surface area contributed by atoms with Gasteiger partial charge in [0.15, 0.2) is 0 Å². The summed E-state index contributed by atoms with van der Waals surface area (Å²) in [6, 6.07) is 0. The van der Waals surface area contributed by atoms with Gasteiger partial charge in [-0.15, -0.1) is 0 Å². The number of nitrogens with zero attached hydrogens (tertiary/aromatic N) is 1. The van der Waals surface area contributed by atoms with Gasteiger partial charge in [-0.2, -0.15) is 4.31 Å². The summed E-state index contributed by atoms with van der Waals surface area (Å²) < 4.78 is 30.7. The molecule has 0 aromatic carbocycles. The Balaban J connectivity index is 1.98. The summed E-state index contributed by atoms with van der Waals surface area (Å²) in [6.45, 7) is 3.18. The van der Waals surface area contributed by atoms with Crippen molar-refractivity contribution in [3.63, 3.8) is 0 Å². The largest absolute Gasteiger partial charge is 0.377 e. The monoisotopic (exact) mass is 234 g/mol. The van der Waals surface area contributed by atoms with Crippen LogP contribution >= 0.6 is 0 Å². The molecule has 1 N–H and O–H groups in total. The van der Waals surface area contributed by atoms with Gasteiger partial charge in [0.05, 0.1) is 11.9 Å². The molecule has 2 fully saturated rings. The zero-order valence-electron chi connectivity index (χ0n) is 8.81. The first kappa shape index (κ1) is 11.3. The van der Waals surface area contributed by atoms with E-state index in [2.05, 4.69) is 5.32 Å². The van der Waals surface area contributed by atoms with Crippen LogP contribution in [0.3, 0.4) is 0 Å². The average molecular weight is 234 g/mol. The third kappa shape index (κ3) is 2.90. The third-order valence-corrected chi connectivity index (χ3v) is 4.74. The SMILES string of the molecule is O=S1(=O)CCNCCN1CC1CCCO1. The molecule has 0 radical (unpaired) electrons. The fourth-order valence-corrected chi connectivity index (χ4v) is 3.44. The van der Waals surface area contributed by atoms with Gasteiger partial charge in [0.25, 0.3) is 0 Å². The van der Waals surface area contributed by atoms with Crippen molar-refractivity contribution in [1.29, 1.82) is 0 Å². The first-order chi connectivity index (χ1) is 7.18. The summed E-state index contributed by atoms with van der Waals surface area (Å²) in [5, 5.41) is 3.10. The van der Waals surface area contributed by atoms with Crippen LogP contribution < -0.4 is 5.32 Å². The van der Waals surface area contributed by atoms with Crippen LogP contribution in [0.15, 0.2) is 0 Å². The maximum Gasteiger partial charge on any atom is 0.215 e. The maximum absolute atomic E-state index is 11.8. The van der Waals surface area contributed by atoms with E-state index in [1.807, 2.05) is 0 Å². The molecule has 1 unspecified atom stereocenters. The van der Waals surface area contributed by atoms with Gasteiger partial charge < -0.3 is 10.1 Å². The molecular formula is C9H18N2O3S. The Morgan fingerprint density at radius 3 is 3.00 bits per heavy atom. The van der Waals surface area contributed by atoms with Gasteiger partial charge in [-0.25, -0.2) is 8.42 Å². The molecule has 2 rings (SSSR count). The van der Waals surface area contributed by atoms with Crippen LogP contribution in [0.5, 0.6) is 0 Å². The third-order valence-electron chi connectivity index (χ3n) is 2.90. The van der Waals surface area contributed by atoms with Crippen molar-refractivity contribution in [2.75, 3.05) is 38.5 Å². The molecule has 1 atom stereocenters. The fourth-order valence-electron chi connectivity index (χ4n) is 2.02. The molecule has 0 aromatic heterocycles. The molecule has 6 heteroatoms. The minimum Gasteiger partial charge on any atom is -0.377 e. The number of nitrogens with one attached hydrogen (secondary N) is 1. The molecule has 0 aromatic rings. The summed E-state index contributed by atoms with van der Waals surface area (Å²) in [4.78, 5) is 0. The average Bonchev–Trinajstić information content (AvgIpc) is 2.62. The Morgan fingerprint density at radius 2 is 2.27 bits per heavy atom. The lowest BCUT2D eigenvalue weighted by molar-refractivity contribution is 0.0943. The second-order valence-electron chi connectivity index (χ2n) is 4.06. The normalized spacial score (nSPS) is 32.7. The van der Waals surface area contributed by atoms with Crippen molar-refractivity contribution in [3.05, 3.63) is 0 Å². The minimum atomic E-state index is -3.06. The highest BCUT2D eigenvalue weighted by Crippen LogP contribution is 2.15. The Bertz CT molecular complexity index is 298.